The van der Waals surface area contributed by atoms with Crippen LogP contribution in [-0.2, 0) is 23.0 Å². The summed E-state index contributed by atoms with van der Waals surface area (Å²) in [6.07, 6.45) is 5.86. The summed E-state index contributed by atoms with van der Waals surface area (Å²) in [5.74, 6) is 0.193. The van der Waals surface area contributed by atoms with E-state index in [2.05, 4.69) is 40.0 Å². The topological polar surface area (TPSA) is 60.2 Å². The second-order valence-electron chi connectivity index (χ2n) is 7.24. The minimum absolute atomic E-state index is 0.193. The van der Waals surface area contributed by atoms with Gasteiger partial charge in [-0.15, -0.1) is 0 Å². The number of pyridine rings is 1. The van der Waals surface area contributed by atoms with E-state index in [1.807, 2.05) is 30.1 Å². The number of rotatable bonds is 5. The van der Waals surface area contributed by atoms with Gasteiger partial charge in [0.15, 0.2) is 5.78 Å². The molecule has 0 unspecified atom stereocenters. The number of carbonyl (C=O) groups is 1. The van der Waals surface area contributed by atoms with Gasteiger partial charge in [-0.25, -0.2) is 4.98 Å². The highest BCUT2D eigenvalue weighted by Crippen LogP contribution is 2.24. The zero-order chi connectivity index (χ0) is 18.8. The Morgan fingerprint density at radius 1 is 1.26 bits per heavy atom. The number of benzene rings is 1. The first kappa shape index (κ1) is 17.8. The van der Waals surface area contributed by atoms with E-state index >= 15 is 0 Å². The fourth-order valence-electron chi connectivity index (χ4n) is 3.56. The molecule has 0 radical (unpaired) electrons. The van der Waals surface area contributed by atoms with E-state index in [-0.39, 0.29) is 11.8 Å². The number of hydrogen-bond donors (Lipinski definition) is 0. The summed E-state index contributed by atoms with van der Waals surface area (Å²) in [6, 6.07) is 8.58. The smallest absolute Gasteiger partial charge is 0.152 e. The van der Waals surface area contributed by atoms with Crippen LogP contribution in [0.15, 0.2) is 43.0 Å². The van der Waals surface area contributed by atoms with Crippen LogP contribution < -0.4 is 0 Å². The van der Waals surface area contributed by atoms with Crippen molar-refractivity contribution in [1.29, 1.82) is 0 Å². The molecule has 6 heteroatoms. The van der Waals surface area contributed by atoms with Crippen LogP contribution in [-0.4, -0.2) is 57.6 Å². The molecule has 6 nitrogen and oxygen atoms in total. The van der Waals surface area contributed by atoms with Crippen molar-refractivity contribution < 1.29 is 9.53 Å². The zero-order valence-electron chi connectivity index (χ0n) is 15.8. The first-order chi connectivity index (χ1) is 13.1. The Morgan fingerprint density at radius 3 is 2.93 bits per heavy atom. The van der Waals surface area contributed by atoms with Crippen LogP contribution >= 0.6 is 0 Å². The third-order valence-electron chi connectivity index (χ3n) is 5.15. The number of imidazole rings is 1. The summed E-state index contributed by atoms with van der Waals surface area (Å²) in [7, 11) is 1.98. The fourth-order valence-corrected chi connectivity index (χ4v) is 3.56. The minimum atomic E-state index is 0.193. The van der Waals surface area contributed by atoms with Gasteiger partial charge in [-0.3, -0.25) is 14.7 Å². The van der Waals surface area contributed by atoms with Gasteiger partial charge in [-0.05, 0) is 24.4 Å². The maximum absolute atomic E-state index is 12.5. The Labute approximate surface area is 158 Å². The summed E-state index contributed by atoms with van der Waals surface area (Å²) >= 11 is 0. The highest BCUT2D eigenvalue weighted by molar-refractivity contribution is 5.88. The van der Waals surface area contributed by atoms with Crippen LogP contribution in [0.25, 0.3) is 22.0 Å². The number of Topliss-reactive ketones (excluding diaryl/α,β-unsaturated/α-hetero) is 1. The maximum Gasteiger partial charge on any atom is 0.152 e. The molecule has 27 heavy (non-hydrogen) atoms. The highest BCUT2D eigenvalue weighted by atomic mass is 16.5. The van der Waals surface area contributed by atoms with Gasteiger partial charge in [0, 0.05) is 42.5 Å². The quantitative estimate of drug-likeness (QED) is 0.696. The largest absolute Gasteiger partial charge is 0.379 e. The lowest BCUT2D eigenvalue weighted by Crippen LogP contribution is -2.46. The number of morpholine rings is 1. The molecule has 3 heterocycles. The summed E-state index contributed by atoms with van der Waals surface area (Å²) in [4.78, 5) is 23.4. The molecule has 1 aromatic carbocycles. The molecule has 0 aliphatic carbocycles. The number of ketones is 1. The standard InChI is InChI=1S/C21H24N4O2/c1-15-13-27-6-5-25(15)12-20(26)9-19-8-18-7-16(3-4-17(18)10-23-19)21-11-22-14-24(21)2/h3-4,7-8,10-11,14-15H,5-6,9,12-13H2,1-2H3/t15-/m0/s1. The monoisotopic (exact) mass is 364 g/mol. The van der Waals surface area contributed by atoms with E-state index < -0.39 is 0 Å². The van der Waals surface area contributed by atoms with Gasteiger partial charge in [-0.1, -0.05) is 12.1 Å². The number of aryl methyl sites for hydroxylation is 1. The molecule has 1 aliphatic heterocycles. The summed E-state index contributed by atoms with van der Waals surface area (Å²) in [5.41, 5.74) is 2.98. The SMILES string of the molecule is C[C@H]1COCCN1CC(=O)Cc1cc2cc(-c3cncn3C)ccc2cn1. The Balaban J connectivity index is 1.52. The lowest BCUT2D eigenvalue weighted by Gasteiger charge is -2.32. The molecule has 1 aliphatic rings. The molecular formula is C21H24N4O2. The van der Waals surface area contributed by atoms with Gasteiger partial charge >= 0.3 is 0 Å². The van der Waals surface area contributed by atoms with Crippen LogP contribution in [0.5, 0.6) is 0 Å². The molecule has 2 aromatic heterocycles. The van der Waals surface area contributed by atoms with Crippen molar-refractivity contribution in [1.82, 2.24) is 19.4 Å². The van der Waals surface area contributed by atoms with Crippen molar-refractivity contribution in [2.75, 3.05) is 26.3 Å². The van der Waals surface area contributed by atoms with E-state index in [1.165, 1.54) is 0 Å². The molecular weight excluding hydrogens is 340 g/mol. The fraction of sp³-hybridized carbons (Fsp3) is 0.381. The number of ether oxygens (including phenoxy) is 1. The number of carbonyl (C=O) groups excluding carboxylic acids is 1. The van der Waals surface area contributed by atoms with Gasteiger partial charge in [0.25, 0.3) is 0 Å². The van der Waals surface area contributed by atoms with Crippen molar-refractivity contribution in [2.24, 2.45) is 7.05 Å². The van der Waals surface area contributed by atoms with Crippen molar-refractivity contribution in [3.8, 4) is 11.3 Å². The van der Waals surface area contributed by atoms with E-state index in [4.69, 9.17) is 4.74 Å². The first-order valence-corrected chi connectivity index (χ1v) is 9.29. The molecule has 0 saturated carbocycles. The molecule has 0 spiro atoms. The normalized spacial score (nSPS) is 18.1. The van der Waals surface area contributed by atoms with Gasteiger partial charge in [0.2, 0.25) is 0 Å². The predicted molar refractivity (Wildman–Crippen MR) is 105 cm³/mol. The van der Waals surface area contributed by atoms with Crippen LogP contribution in [0.4, 0.5) is 0 Å². The Hall–Kier alpha value is -2.57. The van der Waals surface area contributed by atoms with Crippen LogP contribution in [0, 0.1) is 0 Å². The maximum atomic E-state index is 12.5. The highest BCUT2D eigenvalue weighted by Gasteiger charge is 2.21. The number of fused-ring (bicyclic) bond motifs is 1. The Kier molecular flexibility index (Phi) is 5.01. The van der Waals surface area contributed by atoms with E-state index in [9.17, 15) is 4.79 Å². The van der Waals surface area contributed by atoms with Crippen LogP contribution in [0.3, 0.4) is 0 Å². The molecule has 4 rings (SSSR count). The third-order valence-corrected chi connectivity index (χ3v) is 5.15. The lowest BCUT2D eigenvalue weighted by atomic mass is 10.0. The second-order valence-corrected chi connectivity index (χ2v) is 7.24. The summed E-state index contributed by atoms with van der Waals surface area (Å²) in [5, 5.41) is 2.16. The third kappa shape index (κ3) is 3.91. The van der Waals surface area contributed by atoms with Gasteiger partial charge in [0.1, 0.15) is 0 Å². The molecule has 1 atom stereocenters. The minimum Gasteiger partial charge on any atom is -0.379 e. The predicted octanol–water partition coefficient (Wildman–Crippen LogP) is 2.47. The number of nitrogens with zero attached hydrogens (tertiary/aromatic N) is 4. The van der Waals surface area contributed by atoms with Gasteiger partial charge in [-0.2, -0.15) is 0 Å². The van der Waals surface area contributed by atoms with E-state index in [0.717, 1.165) is 34.3 Å². The summed E-state index contributed by atoms with van der Waals surface area (Å²) < 4.78 is 7.44. The molecule has 0 N–H and O–H groups in total. The number of hydrogen-bond acceptors (Lipinski definition) is 5. The average Bonchev–Trinajstić information content (AvgIpc) is 3.09. The van der Waals surface area contributed by atoms with Crippen molar-refractivity contribution in [3.05, 3.63) is 48.7 Å². The Morgan fingerprint density at radius 2 is 2.15 bits per heavy atom. The molecule has 1 saturated heterocycles. The van der Waals surface area contributed by atoms with E-state index in [0.29, 0.717) is 26.2 Å². The van der Waals surface area contributed by atoms with Crippen molar-refractivity contribution in [2.45, 2.75) is 19.4 Å². The molecule has 0 bridgehead atoms. The van der Waals surface area contributed by atoms with Gasteiger partial charge < -0.3 is 9.30 Å². The molecule has 3 aromatic rings. The molecule has 140 valence electrons. The molecule has 0 amide bonds. The summed E-state index contributed by atoms with van der Waals surface area (Å²) in [6.45, 7) is 4.76. The zero-order valence-corrected chi connectivity index (χ0v) is 15.8. The Bertz CT molecular complexity index is 966. The number of aromatic nitrogens is 3. The van der Waals surface area contributed by atoms with Crippen molar-refractivity contribution >= 4 is 16.6 Å². The van der Waals surface area contributed by atoms with Crippen LogP contribution in [0.2, 0.25) is 0 Å². The lowest BCUT2D eigenvalue weighted by molar-refractivity contribution is -0.121. The van der Waals surface area contributed by atoms with Crippen LogP contribution in [0.1, 0.15) is 12.6 Å². The second kappa shape index (κ2) is 7.58. The average molecular weight is 364 g/mol. The van der Waals surface area contributed by atoms with E-state index in [1.54, 1.807) is 6.33 Å². The van der Waals surface area contributed by atoms with Crippen molar-refractivity contribution in [3.63, 3.8) is 0 Å². The van der Waals surface area contributed by atoms with Gasteiger partial charge in [0.05, 0.1) is 44.4 Å². The molecule has 1 fully saturated rings. The first-order valence-electron chi connectivity index (χ1n) is 9.29.